The van der Waals surface area contributed by atoms with Gasteiger partial charge in [-0.25, -0.2) is 4.98 Å². The number of halogens is 1. The van der Waals surface area contributed by atoms with Gasteiger partial charge in [0.25, 0.3) is 5.91 Å². The molecular weight excluding hydrogens is 462 g/mol. The highest BCUT2D eigenvalue weighted by molar-refractivity contribution is 6.35. The number of fused-ring (bicyclic) bond motifs is 4. The molecule has 4 aromatic carbocycles. The van der Waals surface area contributed by atoms with Gasteiger partial charge in [-0.05, 0) is 30.3 Å². The second-order valence-corrected chi connectivity index (χ2v) is 8.57. The molecule has 5 aromatic rings. The zero-order valence-corrected chi connectivity index (χ0v) is 18.9. The van der Waals surface area contributed by atoms with Crippen LogP contribution in [0, 0.1) is 0 Å². The van der Waals surface area contributed by atoms with Gasteiger partial charge in [0, 0.05) is 22.3 Å². The summed E-state index contributed by atoms with van der Waals surface area (Å²) in [6.07, 6.45) is 0. The van der Waals surface area contributed by atoms with E-state index in [9.17, 15) is 14.4 Å². The van der Waals surface area contributed by atoms with E-state index < -0.39 is 5.91 Å². The number of anilines is 1. The van der Waals surface area contributed by atoms with Crippen molar-refractivity contribution in [3.05, 3.63) is 118 Å². The fourth-order valence-electron chi connectivity index (χ4n) is 4.42. The van der Waals surface area contributed by atoms with Crippen molar-refractivity contribution in [3.63, 3.8) is 0 Å². The first kappa shape index (κ1) is 21.0. The Morgan fingerprint density at radius 1 is 0.771 bits per heavy atom. The van der Waals surface area contributed by atoms with E-state index in [1.165, 1.54) is 0 Å². The molecule has 0 fully saturated rings. The molecule has 168 valence electrons. The van der Waals surface area contributed by atoms with Crippen LogP contribution in [0.15, 0.2) is 84.9 Å². The molecule has 6 rings (SSSR count). The standard InChI is InChI=1S/C28H16ClN3O3/c29-19-13-7-6-12-18(19)27-30-21-14-20(31-28(35)15-8-2-1-3-9-15)22-23(24(21)32-27)26(34)17-11-5-4-10-16(17)25(22)33/h1-14H,(H,30,32)(H,31,35). The number of amides is 1. The Bertz CT molecular complexity index is 1690. The summed E-state index contributed by atoms with van der Waals surface area (Å²) in [5.74, 6) is -0.605. The minimum atomic E-state index is -0.392. The van der Waals surface area contributed by atoms with E-state index in [-0.39, 0.29) is 28.4 Å². The maximum absolute atomic E-state index is 13.6. The second kappa shape index (κ2) is 8.04. The Balaban J connectivity index is 1.60. The molecule has 2 N–H and O–H groups in total. The minimum absolute atomic E-state index is 0.127. The van der Waals surface area contributed by atoms with Crippen LogP contribution in [0.5, 0.6) is 0 Å². The molecule has 1 amide bonds. The lowest BCUT2D eigenvalue weighted by molar-refractivity contribution is 0.0979. The zero-order chi connectivity index (χ0) is 24.1. The van der Waals surface area contributed by atoms with Crippen molar-refractivity contribution in [3.8, 4) is 11.4 Å². The highest BCUT2D eigenvalue weighted by Crippen LogP contribution is 2.38. The molecule has 0 bridgehead atoms. The van der Waals surface area contributed by atoms with Gasteiger partial charge in [-0.2, -0.15) is 0 Å². The number of aromatic nitrogens is 2. The van der Waals surface area contributed by atoms with Crippen molar-refractivity contribution >= 4 is 45.8 Å². The number of nitrogens with zero attached hydrogens (tertiary/aromatic N) is 1. The molecule has 0 unspecified atom stereocenters. The van der Waals surface area contributed by atoms with Crippen molar-refractivity contribution < 1.29 is 14.4 Å². The van der Waals surface area contributed by atoms with Gasteiger partial charge in [0.05, 0.1) is 27.4 Å². The molecule has 0 radical (unpaired) electrons. The van der Waals surface area contributed by atoms with Crippen LogP contribution >= 0.6 is 11.6 Å². The second-order valence-electron chi connectivity index (χ2n) is 8.16. The van der Waals surface area contributed by atoms with Crippen molar-refractivity contribution in [2.45, 2.75) is 0 Å². The molecule has 0 spiro atoms. The predicted octanol–water partition coefficient (Wildman–Crippen LogP) is 5.91. The number of benzene rings is 4. The smallest absolute Gasteiger partial charge is 0.255 e. The van der Waals surface area contributed by atoms with Crippen molar-refractivity contribution in [1.82, 2.24) is 9.97 Å². The molecule has 0 saturated carbocycles. The zero-order valence-electron chi connectivity index (χ0n) is 18.1. The van der Waals surface area contributed by atoms with E-state index in [2.05, 4.69) is 15.3 Å². The maximum Gasteiger partial charge on any atom is 0.255 e. The van der Waals surface area contributed by atoms with E-state index >= 15 is 0 Å². The fraction of sp³-hybridized carbons (Fsp3) is 0. The Hall–Kier alpha value is -4.55. The molecule has 1 aliphatic rings. The van der Waals surface area contributed by atoms with Gasteiger partial charge in [0.2, 0.25) is 0 Å². The van der Waals surface area contributed by atoms with Crippen LogP contribution in [-0.4, -0.2) is 27.4 Å². The molecule has 6 nitrogen and oxygen atoms in total. The summed E-state index contributed by atoms with van der Waals surface area (Å²) < 4.78 is 0. The average molecular weight is 478 g/mol. The molecule has 0 saturated heterocycles. The summed E-state index contributed by atoms with van der Waals surface area (Å²) in [7, 11) is 0. The molecule has 1 heterocycles. The number of aromatic amines is 1. The van der Waals surface area contributed by atoms with E-state index in [4.69, 9.17) is 11.6 Å². The van der Waals surface area contributed by atoms with Crippen LogP contribution in [0.4, 0.5) is 5.69 Å². The third-order valence-corrected chi connectivity index (χ3v) is 6.39. The first-order valence-corrected chi connectivity index (χ1v) is 11.3. The summed E-state index contributed by atoms with van der Waals surface area (Å²) in [5.41, 5.74) is 3.06. The van der Waals surface area contributed by atoms with Crippen LogP contribution in [0.3, 0.4) is 0 Å². The lowest BCUT2D eigenvalue weighted by atomic mass is 9.82. The molecule has 0 aliphatic heterocycles. The Kier molecular flexibility index (Phi) is 4.83. The molecule has 7 heteroatoms. The number of carbonyl (C=O) groups excluding carboxylic acids is 3. The van der Waals surface area contributed by atoms with Gasteiger partial charge in [-0.1, -0.05) is 66.2 Å². The molecule has 1 aliphatic carbocycles. The molecular formula is C28H16ClN3O3. The van der Waals surface area contributed by atoms with Crippen molar-refractivity contribution in [2.24, 2.45) is 0 Å². The number of carbonyl (C=O) groups is 3. The topological polar surface area (TPSA) is 91.9 Å². The largest absolute Gasteiger partial charge is 0.338 e. The predicted molar refractivity (Wildman–Crippen MR) is 134 cm³/mol. The number of rotatable bonds is 3. The number of ketones is 2. The lowest BCUT2D eigenvalue weighted by Gasteiger charge is -2.21. The summed E-state index contributed by atoms with van der Waals surface area (Å²) in [6.45, 7) is 0. The normalized spacial score (nSPS) is 12.4. The SMILES string of the molecule is O=C(Nc1cc2[nH]c(-c3ccccc3Cl)nc2c2c1C(=O)c1ccccc1C2=O)c1ccccc1. The number of H-pyrrole nitrogens is 1. The molecule has 0 atom stereocenters. The van der Waals surface area contributed by atoms with Crippen LogP contribution in [0.25, 0.3) is 22.4 Å². The summed E-state index contributed by atoms with van der Waals surface area (Å²) in [6, 6.07) is 24.2. The lowest BCUT2D eigenvalue weighted by Crippen LogP contribution is -2.24. The number of imidazole rings is 1. The monoisotopic (exact) mass is 477 g/mol. The van der Waals surface area contributed by atoms with E-state index in [1.807, 2.05) is 24.3 Å². The summed E-state index contributed by atoms with van der Waals surface area (Å²) >= 11 is 6.38. The summed E-state index contributed by atoms with van der Waals surface area (Å²) in [4.78, 5) is 48.1. The van der Waals surface area contributed by atoms with Gasteiger partial charge in [-0.3, -0.25) is 14.4 Å². The van der Waals surface area contributed by atoms with Gasteiger partial charge < -0.3 is 10.3 Å². The van der Waals surface area contributed by atoms with E-state index in [1.54, 1.807) is 60.7 Å². The third kappa shape index (κ3) is 3.34. The molecule has 1 aromatic heterocycles. The van der Waals surface area contributed by atoms with Crippen molar-refractivity contribution in [2.75, 3.05) is 5.32 Å². The van der Waals surface area contributed by atoms with Gasteiger partial charge in [-0.15, -0.1) is 0 Å². The first-order chi connectivity index (χ1) is 17.0. The van der Waals surface area contributed by atoms with Crippen LogP contribution in [0.1, 0.15) is 42.2 Å². The van der Waals surface area contributed by atoms with Gasteiger partial charge >= 0.3 is 0 Å². The molecule has 35 heavy (non-hydrogen) atoms. The van der Waals surface area contributed by atoms with E-state index in [0.717, 1.165) is 0 Å². The Labute approximate surface area is 204 Å². The van der Waals surface area contributed by atoms with Crippen LogP contribution in [0.2, 0.25) is 5.02 Å². The third-order valence-electron chi connectivity index (χ3n) is 6.06. The quantitative estimate of drug-likeness (QED) is 0.331. The van der Waals surface area contributed by atoms with Crippen LogP contribution in [-0.2, 0) is 0 Å². The Morgan fingerprint density at radius 2 is 1.37 bits per heavy atom. The van der Waals surface area contributed by atoms with Gasteiger partial charge in [0.1, 0.15) is 11.3 Å². The maximum atomic E-state index is 13.6. The van der Waals surface area contributed by atoms with Crippen LogP contribution < -0.4 is 5.32 Å². The number of hydrogen-bond acceptors (Lipinski definition) is 4. The van der Waals surface area contributed by atoms with Crippen molar-refractivity contribution in [1.29, 1.82) is 0 Å². The minimum Gasteiger partial charge on any atom is -0.338 e. The van der Waals surface area contributed by atoms with Gasteiger partial charge in [0.15, 0.2) is 11.6 Å². The highest BCUT2D eigenvalue weighted by Gasteiger charge is 2.35. The number of hydrogen-bond donors (Lipinski definition) is 2. The average Bonchev–Trinajstić information content (AvgIpc) is 3.31. The number of nitrogens with one attached hydrogen (secondary N) is 2. The first-order valence-electron chi connectivity index (χ1n) is 10.9. The highest BCUT2D eigenvalue weighted by atomic mass is 35.5. The fourth-order valence-corrected chi connectivity index (χ4v) is 4.65. The van der Waals surface area contributed by atoms with E-state index in [0.29, 0.717) is 44.1 Å². The summed E-state index contributed by atoms with van der Waals surface area (Å²) in [5, 5.41) is 3.33. The Morgan fingerprint density at radius 3 is 2.06 bits per heavy atom.